The lowest BCUT2D eigenvalue weighted by molar-refractivity contribution is -0.122. The van der Waals surface area contributed by atoms with Crippen LogP contribution in [0.4, 0.5) is 0 Å². The van der Waals surface area contributed by atoms with E-state index in [1.54, 1.807) is 0 Å². The van der Waals surface area contributed by atoms with Crippen LogP contribution in [0.15, 0.2) is 16.8 Å². The second-order valence-corrected chi connectivity index (χ2v) is 4.22. The van der Waals surface area contributed by atoms with Gasteiger partial charge in [-0.3, -0.25) is 9.79 Å². The van der Waals surface area contributed by atoms with E-state index in [2.05, 4.69) is 4.99 Å². The lowest BCUT2D eigenvalue weighted by Crippen LogP contribution is -2.20. The third-order valence-electron chi connectivity index (χ3n) is 1.82. The summed E-state index contributed by atoms with van der Waals surface area (Å²) in [5.41, 5.74) is 1.36. The van der Waals surface area contributed by atoms with Gasteiger partial charge in [-0.05, 0) is 13.0 Å². The number of nitrogens with zero attached hydrogens (tertiary/aromatic N) is 1. The highest BCUT2D eigenvalue weighted by Crippen LogP contribution is 2.23. The molecule has 66 valence electrons. The van der Waals surface area contributed by atoms with E-state index in [1.165, 1.54) is 0 Å². The van der Waals surface area contributed by atoms with E-state index < -0.39 is 0 Å². The third kappa shape index (κ3) is 1.81. The molecule has 1 heterocycles. The Kier molecular flexibility index (Phi) is 2.18. The SMILES string of the molecule is CC1=NC(C(=O)C(C)(C)C)=CC1. The Morgan fingerprint density at radius 3 is 2.42 bits per heavy atom. The Labute approximate surface area is 73.4 Å². The molecular formula is C10H15NO. The van der Waals surface area contributed by atoms with Crippen molar-refractivity contribution in [2.75, 3.05) is 0 Å². The first-order valence-electron chi connectivity index (χ1n) is 4.20. The molecule has 0 bridgehead atoms. The molecule has 0 aliphatic carbocycles. The molecule has 0 spiro atoms. The highest BCUT2D eigenvalue weighted by molar-refractivity contribution is 6.04. The number of hydrogen-bond donors (Lipinski definition) is 0. The highest BCUT2D eigenvalue weighted by atomic mass is 16.1. The predicted molar refractivity (Wildman–Crippen MR) is 50.3 cm³/mol. The zero-order valence-corrected chi connectivity index (χ0v) is 8.14. The fraction of sp³-hybridized carbons (Fsp3) is 0.600. The Morgan fingerprint density at radius 2 is 2.08 bits per heavy atom. The number of Topliss-reactive ketones (excluding diaryl/α,β-unsaturated/α-hetero) is 1. The van der Waals surface area contributed by atoms with Crippen molar-refractivity contribution < 1.29 is 4.79 Å². The summed E-state index contributed by atoms with van der Waals surface area (Å²) in [6.07, 6.45) is 2.74. The highest BCUT2D eigenvalue weighted by Gasteiger charge is 2.26. The summed E-state index contributed by atoms with van der Waals surface area (Å²) in [4.78, 5) is 15.8. The molecule has 0 saturated heterocycles. The summed E-state index contributed by atoms with van der Waals surface area (Å²) >= 11 is 0. The van der Waals surface area contributed by atoms with E-state index in [0.717, 1.165) is 12.1 Å². The topological polar surface area (TPSA) is 29.4 Å². The van der Waals surface area contributed by atoms with Crippen LogP contribution in [0.2, 0.25) is 0 Å². The molecule has 1 aliphatic heterocycles. The van der Waals surface area contributed by atoms with Gasteiger partial charge < -0.3 is 0 Å². The first-order chi connectivity index (χ1) is 5.41. The molecule has 0 aromatic heterocycles. The molecule has 0 aromatic rings. The molecule has 12 heavy (non-hydrogen) atoms. The summed E-state index contributed by atoms with van der Waals surface area (Å²) in [5, 5.41) is 0. The number of rotatable bonds is 1. The lowest BCUT2D eigenvalue weighted by Gasteiger charge is -2.15. The van der Waals surface area contributed by atoms with Gasteiger partial charge in [0.2, 0.25) is 0 Å². The molecular weight excluding hydrogens is 150 g/mol. The minimum absolute atomic E-state index is 0.138. The summed E-state index contributed by atoms with van der Waals surface area (Å²) < 4.78 is 0. The molecule has 2 nitrogen and oxygen atoms in total. The Bertz CT molecular complexity index is 266. The summed E-state index contributed by atoms with van der Waals surface area (Å²) in [6.45, 7) is 7.69. The quantitative estimate of drug-likeness (QED) is 0.586. The van der Waals surface area contributed by atoms with E-state index in [1.807, 2.05) is 33.8 Å². The number of hydrogen-bond acceptors (Lipinski definition) is 2. The van der Waals surface area contributed by atoms with Crippen molar-refractivity contribution in [3.63, 3.8) is 0 Å². The number of allylic oxidation sites excluding steroid dienone is 2. The molecule has 0 saturated carbocycles. The molecule has 0 fully saturated rings. The minimum atomic E-state index is -0.306. The van der Waals surface area contributed by atoms with Gasteiger partial charge >= 0.3 is 0 Å². The van der Waals surface area contributed by atoms with Crippen molar-refractivity contribution in [3.05, 3.63) is 11.8 Å². The Hall–Kier alpha value is -0.920. The van der Waals surface area contributed by atoms with Crippen LogP contribution in [-0.2, 0) is 4.79 Å². The number of ketones is 1. The monoisotopic (exact) mass is 165 g/mol. The second kappa shape index (κ2) is 2.85. The zero-order chi connectivity index (χ0) is 9.35. The first-order valence-corrected chi connectivity index (χ1v) is 4.20. The van der Waals surface area contributed by atoms with Crippen LogP contribution in [0.5, 0.6) is 0 Å². The first kappa shape index (κ1) is 9.17. The maximum absolute atomic E-state index is 11.6. The van der Waals surface area contributed by atoms with Crippen LogP contribution in [-0.4, -0.2) is 11.5 Å². The van der Waals surface area contributed by atoms with Gasteiger partial charge in [0, 0.05) is 17.5 Å². The third-order valence-corrected chi connectivity index (χ3v) is 1.82. The van der Waals surface area contributed by atoms with E-state index in [4.69, 9.17) is 0 Å². The van der Waals surface area contributed by atoms with Gasteiger partial charge in [0.25, 0.3) is 0 Å². The van der Waals surface area contributed by atoms with Gasteiger partial charge in [-0.1, -0.05) is 20.8 Å². The standard InChI is InChI=1S/C10H15NO/c1-7-5-6-8(11-7)9(12)10(2,3)4/h6H,5H2,1-4H3. The van der Waals surface area contributed by atoms with Crippen LogP contribution in [0.25, 0.3) is 0 Å². The van der Waals surface area contributed by atoms with E-state index >= 15 is 0 Å². The van der Waals surface area contributed by atoms with Gasteiger partial charge in [-0.2, -0.15) is 0 Å². The van der Waals surface area contributed by atoms with Crippen LogP contribution >= 0.6 is 0 Å². The summed E-state index contributed by atoms with van der Waals surface area (Å²) in [5.74, 6) is 0.138. The number of carbonyl (C=O) groups is 1. The average Bonchev–Trinajstić information content (AvgIpc) is 2.32. The Balaban J connectivity index is 2.81. The molecule has 1 rings (SSSR count). The predicted octanol–water partition coefficient (Wildman–Crippen LogP) is 2.35. The minimum Gasteiger partial charge on any atom is -0.292 e. The van der Waals surface area contributed by atoms with Crippen molar-refractivity contribution in [3.8, 4) is 0 Å². The van der Waals surface area contributed by atoms with Crippen molar-refractivity contribution in [1.82, 2.24) is 0 Å². The van der Waals surface area contributed by atoms with Crippen LogP contribution < -0.4 is 0 Å². The maximum Gasteiger partial charge on any atom is 0.186 e. The largest absolute Gasteiger partial charge is 0.292 e. The van der Waals surface area contributed by atoms with Gasteiger partial charge in [-0.15, -0.1) is 0 Å². The Morgan fingerprint density at radius 1 is 1.50 bits per heavy atom. The van der Waals surface area contributed by atoms with Gasteiger partial charge in [0.15, 0.2) is 5.78 Å². The van der Waals surface area contributed by atoms with Gasteiger partial charge in [0.1, 0.15) is 5.70 Å². The normalized spacial score (nSPS) is 17.3. The lowest BCUT2D eigenvalue weighted by atomic mass is 9.89. The van der Waals surface area contributed by atoms with E-state index in [9.17, 15) is 4.79 Å². The maximum atomic E-state index is 11.6. The van der Waals surface area contributed by atoms with Gasteiger partial charge in [0.05, 0.1) is 0 Å². The summed E-state index contributed by atoms with van der Waals surface area (Å²) in [6, 6.07) is 0. The molecule has 2 heteroatoms. The smallest absolute Gasteiger partial charge is 0.186 e. The van der Waals surface area contributed by atoms with Crippen molar-refractivity contribution in [2.24, 2.45) is 10.4 Å². The van der Waals surface area contributed by atoms with E-state index in [-0.39, 0.29) is 11.2 Å². The van der Waals surface area contributed by atoms with Crippen molar-refractivity contribution in [2.45, 2.75) is 34.1 Å². The van der Waals surface area contributed by atoms with E-state index in [0.29, 0.717) is 5.70 Å². The summed E-state index contributed by atoms with van der Waals surface area (Å²) in [7, 11) is 0. The molecule has 0 atom stereocenters. The molecule has 0 amide bonds. The average molecular weight is 165 g/mol. The van der Waals surface area contributed by atoms with Crippen LogP contribution in [0.1, 0.15) is 34.1 Å². The molecule has 0 unspecified atom stereocenters. The van der Waals surface area contributed by atoms with Crippen molar-refractivity contribution in [1.29, 1.82) is 0 Å². The number of aliphatic imine (C=N–C) groups is 1. The fourth-order valence-corrected chi connectivity index (χ4v) is 1.07. The second-order valence-electron chi connectivity index (χ2n) is 4.22. The zero-order valence-electron chi connectivity index (χ0n) is 8.14. The van der Waals surface area contributed by atoms with Crippen LogP contribution in [0.3, 0.4) is 0 Å². The molecule has 0 radical (unpaired) electrons. The fourth-order valence-electron chi connectivity index (χ4n) is 1.07. The van der Waals surface area contributed by atoms with Gasteiger partial charge in [-0.25, -0.2) is 0 Å². The van der Waals surface area contributed by atoms with Crippen LogP contribution in [0, 0.1) is 5.41 Å². The number of carbonyl (C=O) groups excluding carboxylic acids is 1. The molecule has 1 aliphatic rings. The molecule has 0 N–H and O–H groups in total. The molecule has 0 aromatic carbocycles. The van der Waals surface area contributed by atoms with Crippen molar-refractivity contribution >= 4 is 11.5 Å².